The molecule has 0 aliphatic heterocycles. The van der Waals surface area contributed by atoms with Gasteiger partial charge in [0.1, 0.15) is 9.62 Å². The van der Waals surface area contributed by atoms with Crippen molar-refractivity contribution in [3.63, 3.8) is 0 Å². The van der Waals surface area contributed by atoms with Gasteiger partial charge in [-0.15, -0.1) is 11.3 Å². The van der Waals surface area contributed by atoms with Crippen LogP contribution in [0.5, 0.6) is 0 Å². The summed E-state index contributed by atoms with van der Waals surface area (Å²) in [6.07, 6.45) is 1.11. The van der Waals surface area contributed by atoms with Crippen LogP contribution in [0.15, 0.2) is 6.07 Å². The Morgan fingerprint density at radius 2 is 2.00 bits per heavy atom. The van der Waals surface area contributed by atoms with Gasteiger partial charge in [0.25, 0.3) is 0 Å². The van der Waals surface area contributed by atoms with E-state index in [-0.39, 0.29) is 10.6 Å². The van der Waals surface area contributed by atoms with E-state index in [0.29, 0.717) is 4.88 Å². The minimum absolute atomic E-state index is 0.0216. The number of aromatic carboxylic acids is 1. The molecule has 16 heavy (non-hydrogen) atoms. The highest BCUT2D eigenvalue weighted by atomic mass is 32.2. The van der Waals surface area contributed by atoms with E-state index in [1.165, 1.54) is 19.9 Å². The van der Waals surface area contributed by atoms with Gasteiger partial charge in [-0.05, 0) is 19.9 Å². The van der Waals surface area contributed by atoms with Gasteiger partial charge in [0, 0.05) is 11.1 Å². The van der Waals surface area contributed by atoms with Crippen molar-refractivity contribution in [3.8, 4) is 0 Å². The summed E-state index contributed by atoms with van der Waals surface area (Å²) in [5.74, 6) is -1.14. The van der Waals surface area contributed by atoms with Crippen LogP contribution in [0.2, 0.25) is 0 Å². The highest BCUT2D eigenvalue weighted by Gasteiger charge is 2.35. The van der Waals surface area contributed by atoms with Gasteiger partial charge in [-0.2, -0.15) is 0 Å². The van der Waals surface area contributed by atoms with Gasteiger partial charge in [0.2, 0.25) is 0 Å². The summed E-state index contributed by atoms with van der Waals surface area (Å²) < 4.78 is 22.0. The van der Waals surface area contributed by atoms with Crippen LogP contribution in [-0.2, 0) is 14.6 Å². The lowest BCUT2D eigenvalue weighted by Gasteiger charge is -2.20. The first kappa shape index (κ1) is 13.0. The SMILES string of the molecule is CC(C)(c1cc(N)c(C(=O)O)s1)S(C)(=O)=O. The Balaban J connectivity index is 3.37. The number of thiophene rings is 1. The summed E-state index contributed by atoms with van der Waals surface area (Å²) in [6, 6.07) is 1.41. The van der Waals surface area contributed by atoms with Crippen molar-refractivity contribution in [2.24, 2.45) is 0 Å². The summed E-state index contributed by atoms with van der Waals surface area (Å²) in [5, 5.41) is 8.83. The molecule has 90 valence electrons. The topological polar surface area (TPSA) is 97.5 Å². The van der Waals surface area contributed by atoms with Crippen molar-refractivity contribution in [1.82, 2.24) is 0 Å². The molecule has 5 nitrogen and oxygen atoms in total. The molecule has 0 saturated heterocycles. The fourth-order valence-electron chi connectivity index (χ4n) is 1.05. The number of carboxylic acid groups (broad SMARTS) is 1. The number of nitrogens with two attached hydrogens (primary N) is 1. The summed E-state index contributed by atoms with van der Waals surface area (Å²) in [4.78, 5) is 11.2. The zero-order valence-electron chi connectivity index (χ0n) is 9.14. The molecular formula is C9H13NO4S2. The van der Waals surface area contributed by atoms with Gasteiger partial charge >= 0.3 is 5.97 Å². The minimum atomic E-state index is -3.32. The lowest BCUT2D eigenvalue weighted by molar-refractivity contribution is 0.0703. The predicted molar refractivity (Wildman–Crippen MR) is 63.6 cm³/mol. The third kappa shape index (κ3) is 2.05. The standard InChI is InChI=1S/C9H13NO4S2/c1-9(2,16(3,13)14)6-4-5(10)7(15-6)8(11)12/h4H,10H2,1-3H3,(H,11,12). The molecule has 3 N–H and O–H groups in total. The van der Waals surface area contributed by atoms with Crippen molar-refractivity contribution >= 4 is 32.8 Å². The minimum Gasteiger partial charge on any atom is -0.477 e. The van der Waals surface area contributed by atoms with Crippen molar-refractivity contribution in [1.29, 1.82) is 0 Å². The third-order valence-electron chi connectivity index (χ3n) is 2.48. The molecule has 1 aromatic rings. The molecule has 1 heterocycles. The molecule has 0 fully saturated rings. The van der Waals surface area contributed by atoms with E-state index < -0.39 is 20.6 Å². The van der Waals surface area contributed by atoms with E-state index >= 15 is 0 Å². The molecule has 0 bridgehead atoms. The zero-order valence-corrected chi connectivity index (χ0v) is 10.8. The van der Waals surface area contributed by atoms with Crippen LogP contribution in [0.1, 0.15) is 28.4 Å². The third-order valence-corrected chi connectivity index (χ3v) is 6.14. The Bertz CT molecular complexity index is 528. The molecule has 1 rings (SSSR count). The van der Waals surface area contributed by atoms with Crippen molar-refractivity contribution in [2.75, 3.05) is 12.0 Å². The molecular weight excluding hydrogens is 250 g/mol. The van der Waals surface area contributed by atoms with Crippen LogP contribution in [0.3, 0.4) is 0 Å². The van der Waals surface area contributed by atoms with Crippen LogP contribution in [0.25, 0.3) is 0 Å². The van der Waals surface area contributed by atoms with E-state index in [4.69, 9.17) is 10.8 Å². The second-order valence-electron chi connectivity index (χ2n) is 3.98. The Labute approximate surface area is 97.8 Å². The fourth-order valence-corrected chi connectivity index (χ4v) is 2.97. The lowest BCUT2D eigenvalue weighted by atomic mass is 10.1. The molecule has 1 aromatic heterocycles. The molecule has 7 heteroatoms. The van der Waals surface area contributed by atoms with Crippen LogP contribution in [-0.4, -0.2) is 25.7 Å². The second-order valence-corrected chi connectivity index (χ2v) is 7.60. The second kappa shape index (κ2) is 3.74. The average Bonchev–Trinajstić information content (AvgIpc) is 2.45. The van der Waals surface area contributed by atoms with Crippen molar-refractivity contribution < 1.29 is 18.3 Å². The average molecular weight is 263 g/mol. The van der Waals surface area contributed by atoms with Crippen molar-refractivity contribution in [2.45, 2.75) is 18.6 Å². The summed E-state index contributed by atoms with van der Waals surface area (Å²) in [6.45, 7) is 3.05. The number of anilines is 1. The van der Waals surface area contributed by atoms with Gasteiger partial charge < -0.3 is 10.8 Å². The summed E-state index contributed by atoms with van der Waals surface area (Å²) in [7, 11) is -3.32. The van der Waals surface area contributed by atoms with Crippen LogP contribution in [0.4, 0.5) is 5.69 Å². The van der Waals surface area contributed by atoms with Crippen molar-refractivity contribution in [3.05, 3.63) is 15.8 Å². The first-order chi connectivity index (χ1) is 7.07. The smallest absolute Gasteiger partial charge is 0.348 e. The van der Waals surface area contributed by atoms with Gasteiger partial charge in [0.05, 0.1) is 5.69 Å². The summed E-state index contributed by atoms with van der Waals surface area (Å²) >= 11 is 0.898. The van der Waals surface area contributed by atoms with Gasteiger partial charge in [-0.3, -0.25) is 0 Å². The molecule has 0 spiro atoms. The number of rotatable bonds is 3. The van der Waals surface area contributed by atoms with E-state index in [0.717, 1.165) is 17.6 Å². The normalized spacial score (nSPS) is 12.7. The molecule has 0 unspecified atom stereocenters. The van der Waals surface area contributed by atoms with Gasteiger partial charge in [-0.25, -0.2) is 13.2 Å². The maximum Gasteiger partial charge on any atom is 0.348 e. The Kier molecular flexibility index (Phi) is 3.04. The number of hydrogen-bond donors (Lipinski definition) is 2. The maximum absolute atomic E-state index is 11.6. The number of nitrogen functional groups attached to an aromatic ring is 1. The molecule has 0 saturated carbocycles. The number of sulfone groups is 1. The molecule has 0 aliphatic rings. The van der Waals surface area contributed by atoms with E-state index in [9.17, 15) is 13.2 Å². The van der Waals surface area contributed by atoms with Crippen LogP contribution >= 0.6 is 11.3 Å². The Hall–Kier alpha value is -1.08. The lowest BCUT2D eigenvalue weighted by Crippen LogP contribution is -2.26. The molecule has 0 atom stereocenters. The maximum atomic E-state index is 11.6. The van der Waals surface area contributed by atoms with Crippen LogP contribution in [0, 0.1) is 0 Å². The fraction of sp³-hybridized carbons (Fsp3) is 0.444. The quantitative estimate of drug-likeness (QED) is 0.856. The first-order valence-electron chi connectivity index (χ1n) is 4.40. The zero-order chi connectivity index (χ0) is 12.7. The Morgan fingerprint density at radius 1 is 1.50 bits per heavy atom. The van der Waals surface area contributed by atoms with Gasteiger partial charge in [0.15, 0.2) is 9.84 Å². The highest BCUT2D eigenvalue weighted by Crippen LogP contribution is 2.37. The molecule has 0 aromatic carbocycles. The first-order valence-corrected chi connectivity index (χ1v) is 7.11. The molecule has 0 aliphatic carbocycles. The number of hydrogen-bond acceptors (Lipinski definition) is 5. The molecule has 0 amide bonds. The predicted octanol–water partition coefficient (Wildman–Crippen LogP) is 1.31. The number of carboxylic acids is 1. The Morgan fingerprint density at radius 3 is 2.31 bits per heavy atom. The highest BCUT2D eigenvalue weighted by molar-refractivity contribution is 7.91. The van der Waals surface area contributed by atoms with Crippen LogP contribution < -0.4 is 5.73 Å². The van der Waals surface area contributed by atoms with E-state index in [1.807, 2.05) is 0 Å². The molecule has 0 radical (unpaired) electrons. The monoisotopic (exact) mass is 263 g/mol. The van der Waals surface area contributed by atoms with E-state index in [2.05, 4.69) is 0 Å². The summed E-state index contributed by atoms with van der Waals surface area (Å²) in [5.41, 5.74) is 5.62. The number of carbonyl (C=O) groups is 1. The van der Waals surface area contributed by atoms with E-state index in [1.54, 1.807) is 0 Å². The van der Waals surface area contributed by atoms with Gasteiger partial charge in [-0.1, -0.05) is 0 Å². The largest absolute Gasteiger partial charge is 0.477 e.